The Labute approximate surface area is 165 Å². The smallest absolute Gasteiger partial charge is 0.271 e. The van der Waals surface area contributed by atoms with Crippen molar-refractivity contribution in [3.8, 4) is 11.5 Å². The first kappa shape index (κ1) is 19.8. The Morgan fingerprint density at radius 1 is 1.07 bits per heavy atom. The molecule has 144 valence electrons. The van der Waals surface area contributed by atoms with E-state index < -0.39 is 14.9 Å². The molecule has 0 aromatic heterocycles. The topological polar surface area (TPSA) is 99.0 Å². The molecule has 27 heavy (non-hydrogen) atoms. The molecule has 0 spiro atoms. The molecule has 1 fully saturated rings. The quantitative estimate of drug-likeness (QED) is 0.527. The molecule has 1 aliphatic rings. The summed E-state index contributed by atoms with van der Waals surface area (Å²) in [5, 5.41) is 11.7. The zero-order valence-electron chi connectivity index (χ0n) is 13.8. The predicted octanol–water partition coefficient (Wildman–Crippen LogP) is 3.71. The van der Waals surface area contributed by atoms with Crippen LogP contribution in [0.25, 0.3) is 0 Å². The first-order chi connectivity index (χ1) is 12.8. The lowest BCUT2D eigenvalue weighted by atomic mass is 10.3. The van der Waals surface area contributed by atoms with Crippen LogP contribution in [-0.4, -0.2) is 43.9 Å². The van der Waals surface area contributed by atoms with Crippen molar-refractivity contribution < 1.29 is 22.8 Å². The first-order valence-electron chi connectivity index (χ1n) is 7.77. The zero-order chi connectivity index (χ0) is 19.6. The van der Waals surface area contributed by atoms with E-state index in [4.69, 9.17) is 32.7 Å². The zero-order valence-corrected chi connectivity index (χ0v) is 16.1. The minimum atomic E-state index is -4.03. The Hall–Kier alpha value is -1.91. The van der Waals surface area contributed by atoms with Crippen molar-refractivity contribution >= 4 is 38.9 Å². The molecule has 0 bridgehead atoms. The van der Waals surface area contributed by atoms with Crippen LogP contribution in [0.4, 0.5) is 5.69 Å². The van der Waals surface area contributed by atoms with Gasteiger partial charge in [-0.05, 0) is 24.3 Å². The summed E-state index contributed by atoms with van der Waals surface area (Å²) in [4.78, 5) is 10.1. The molecule has 3 rings (SSSR count). The van der Waals surface area contributed by atoms with Gasteiger partial charge in [0.05, 0.1) is 18.1 Å². The number of non-ortho nitro benzene ring substituents is 1. The van der Waals surface area contributed by atoms with Crippen LogP contribution in [0.2, 0.25) is 10.0 Å². The Morgan fingerprint density at radius 3 is 2.30 bits per heavy atom. The third-order valence-electron chi connectivity index (χ3n) is 3.79. The molecule has 1 saturated heterocycles. The molecule has 1 aliphatic heterocycles. The van der Waals surface area contributed by atoms with Crippen LogP contribution in [0.3, 0.4) is 0 Å². The number of nitrogens with zero attached hydrogens (tertiary/aromatic N) is 2. The number of nitro benzene ring substituents is 1. The lowest BCUT2D eigenvalue weighted by Crippen LogP contribution is -2.40. The van der Waals surface area contributed by atoms with Crippen molar-refractivity contribution in [3.63, 3.8) is 0 Å². The van der Waals surface area contributed by atoms with Crippen LogP contribution in [0.5, 0.6) is 11.5 Å². The summed E-state index contributed by atoms with van der Waals surface area (Å²) in [6.07, 6.45) is 0. The van der Waals surface area contributed by atoms with Crippen molar-refractivity contribution in [2.75, 3.05) is 26.3 Å². The summed E-state index contributed by atoms with van der Waals surface area (Å²) >= 11 is 11.9. The third-order valence-corrected chi connectivity index (χ3v) is 6.15. The van der Waals surface area contributed by atoms with E-state index in [9.17, 15) is 18.5 Å². The number of nitro groups is 1. The molecule has 1 heterocycles. The van der Waals surface area contributed by atoms with Gasteiger partial charge >= 0.3 is 0 Å². The van der Waals surface area contributed by atoms with E-state index >= 15 is 0 Å². The Morgan fingerprint density at radius 2 is 1.70 bits per heavy atom. The number of benzene rings is 2. The average molecular weight is 433 g/mol. The summed E-state index contributed by atoms with van der Waals surface area (Å²) in [6, 6.07) is 7.80. The SMILES string of the molecule is O=[N+]([O-])c1ccc(Oc2cc(Cl)cc(Cl)c2)c(S(=O)(=O)N2CCOCC2)c1. The van der Waals surface area contributed by atoms with Gasteiger partial charge in [0.1, 0.15) is 16.4 Å². The minimum absolute atomic E-state index is 0.0644. The van der Waals surface area contributed by atoms with E-state index in [0.717, 1.165) is 6.07 Å². The fourth-order valence-electron chi connectivity index (χ4n) is 2.54. The first-order valence-corrected chi connectivity index (χ1v) is 9.97. The predicted molar refractivity (Wildman–Crippen MR) is 99.2 cm³/mol. The van der Waals surface area contributed by atoms with Crippen molar-refractivity contribution in [1.82, 2.24) is 4.31 Å². The molecule has 11 heteroatoms. The van der Waals surface area contributed by atoms with E-state index in [1.807, 2.05) is 0 Å². The fourth-order valence-corrected chi connectivity index (χ4v) is 4.58. The van der Waals surface area contributed by atoms with Gasteiger partial charge in [0.25, 0.3) is 5.69 Å². The summed E-state index contributed by atoms with van der Waals surface area (Å²) in [6.45, 7) is 0.781. The van der Waals surface area contributed by atoms with Gasteiger partial charge in [0, 0.05) is 35.3 Å². The molecule has 0 radical (unpaired) electrons. The molecule has 2 aromatic carbocycles. The number of hydrogen-bond donors (Lipinski definition) is 0. The number of rotatable bonds is 5. The highest BCUT2D eigenvalue weighted by Crippen LogP contribution is 2.35. The second-order valence-corrected chi connectivity index (χ2v) is 8.39. The monoisotopic (exact) mass is 432 g/mol. The molecule has 0 N–H and O–H groups in total. The summed E-state index contributed by atoms with van der Waals surface area (Å²) < 4.78 is 38.1. The van der Waals surface area contributed by atoms with E-state index in [1.54, 1.807) is 0 Å². The van der Waals surface area contributed by atoms with Crippen LogP contribution in [0.15, 0.2) is 41.3 Å². The number of sulfonamides is 1. The van der Waals surface area contributed by atoms with Gasteiger partial charge in [0.2, 0.25) is 10.0 Å². The Kier molecular flexibility index (Phi) is 5.87. The maximum Gasteiger partial charge on any atom is 0.271 e. The normalized spacial score (nSPS) is 15.5. The number of ether oxygens (including phenoxy) is 2. The van der Waals surface area contributed by atoms with E-state index in [1.165, 1.54) is 34.6 Å². The van der Waals surface area contributed by atoms with Crippen molar-refractivity contribution in [2.24, 2.45) is 0 Å². The van der Waals surface area contributed by atoms with Gasteiger partial charge < -0.3 is 9.47 Å². The van der Waals surface area contributed by atoms with Crippen LogP contribution < -0.4 is 4.74 Å². The molecular formula is C16H14Cl2N2O6S. The Balaban J connectivity index is 2.06. The Bertz CT molecular complexity index is 957. The maximum absolute atomic E-state index is 13.0. The van der Waals surface area contributed by atoms with E-state index in [2.05, 4.69) is 0 Å². The number of halogens is 2. The second-order valence-electron chi connectivity index (χ2n) is 5.61. The molecular weight excluding hydrogens is 419 g/mol. The highest BCUT2D eigenvalue weighted by Gasteiger charge is 2.31. The standard InChI is InChI=1S/C16H14Cl2N2O6S/c17-11-7-12(18)9-14(8-11)26-15-2-1-13(20(21)22)10-16(15)27(23,24)19-3-5-25-6-4-19/h1-2,7-10H,3-6H2. The minimum Gasteiger partial charge on any atom is -0.456 e. The molecule has 0 unspecified atom stereocenters. The molecule has 8 nitrogen and oxygen atoms in total. The fraction of sp³-hybridized carbons (Fsp3) is 0.250. The summed E-state index contributed by atoms with van der Waals surface area (Å²) in [5.41, 5.74) is -0.363. The van der Waals surface area contributed by atoms with Crippen LogP contribution >= 0.6 is 23.2 Å². The average Bonchev–Trinajstić information content (AvgIpc) is 2.61. The molecule has 2 aromatic rings. The summed E-state index contributed by atoms with van der Waals surface area (Å²) in [7, 11) is -4.03. The largest absolute Gasteiger partial charge is 0.456 e. The number of morpholine rings is 1. The van der Waals surface area contributed by atoms with Gasteiger partial charge in [-0.3, -0.25) is 10.1 Å². The lowest BCUT2D eigenvalue weighted by molar-refractivity contribution is -0.385. The van der Waals surface area contributed by atoms with Crippen LogP contribution in [0, 0.1) is 10.1 Å². The van der Waals surface area contributed by atoms with Crippen LogP contribution in [0.1, 0.15) is 0 Å². The van der Waals surface area contributed by atoms with Crippen LogP contribution in [-0.2, 0) is 14.8 Å². The molecule has 0 saturated carbocycles. The van der Waals surface area contributed by atoms with E-state index in [0.29, 0.717) is 10.0 Å². The van der Waals surface area contributed by atoms with Crippen molar-refractivity contribution in [3.05, 3.63) is 56.6 Å². The van der Waals surface area contributed by atoms with Gasteiger partial charge in [-0.1, -0.05) is 23.2 Å². The van der Waals surface area contributed by atoms with Gasteiger partial charge in [0.15, 0.2) is 0 Å². The van der Waals surface area contributed by atoms with Gasteiger partial charge in [-0.25, -0.2) is 8.42 Å². The van der Waals surface area contributed by atoms with Crippen molar-refractivity contribution in [1.29, 1.82) is 0 Å². The maximum atomic E-state index is 13.0. The van der Waals surface area contributed by atoms with E-state index in [-0.39, 0.29) is 48.4 Å². The summed E-state index contributed by atoms with van der Waals surface area (Å²) in [5.74, 6) is 0.144. The highest BCUT2D eigenvalue weighted by molar-refractivity contribution is 7.89. The number of hydrogen-bond acceptors (Lipinski definition) is 6. The molecule has 0 aliphatic carbocycles. The third kappa shape index (κ3) is 4.50. The lowest BCUT2D eigenvalue weighted by Gasteiger charge is -2.26. The second kappa shape index (κ2) is 7.99. The molecule has 0 atom stereocenters. The molecule has 0 amide bonds. The van der Waals surface area contributed by atoms with Gasteiger partial charge in [-0.2, -0.15) is 4.31 Å². The van der Waals surface area contributed by atoms with Crippen molar-refractivity contribution in [2.45, 2.75) is 4.90 Å². The highest BCUT2D eigenvalue weighted by atomic mass is 35.5. The van der Waals surface area contributed by atoms with Gasteiger partial charge in [-0.15, -0.1) is 0 Å².